The van der Waals surface area contributed by atoms with Gasteiger partial charge in [-0.2, -0.15) is 0 Å². The molecule has 25 heavy (non-hydrogen) atoms. The first-order valence-electron chi connectivity index (χ1n) is 9.03. The molecular weight excluding hydrogens is 320 g/mol. The Morgan fingerprint density at radius 1 is 1.32 bits per heavy atom. The molecule has 1 N–H and O–H groups in total. The third kappa shape index (κ3) is 2.28. The summed E-state index contributed by atoms with van der Waals surface area (Å²) in [6, 6.07) is 1.84. The predicted octanol–water partition coefficient (Wildman–Crippen LogP) is 4.11. The largest absolute Gasteiger partial charge is 0.478 e. The molecule has 1 aliphatic heterocycles. The van der Waals surface area contributed by atoms with E-state index >= 15 is 0 Å². The summed E-state index contributed by atoms with van der Waals surface area (Å²) in [5.74, 6) is -0.952. The fraction of sp³-hybridized carbons (Fsp3) is 0.600. The van der Waals surface area contributed by atoms with Crippen LogP contribution in [0.3, 0.4) is 0 Å². The number of ether oxygens (including phenoxy) is 1. The molecule has 5 nitrogen and oxygen atoms in total. The van der Waals surface area contributed by atoms with E-state index in [1.165, 1.54) is 0 Å². The average molecular weight is 344 g/mol. The number of carbonyl (C=O) groups is 2. The molecule has 1 saturated heterocycles. The van der Waals surface area contributed by atoms with E-state index in [-0.39, 0.29) is 34.7 Å². The number of esters is 1. The summed E-state index contributed by atoms with van der Waals surface area (Å²) < 4.78 is 10.9. The number of carboxylic acid groups (broad SMARTS) is 1. The van der Waals surface area contributed by atoms with Gasteiger partial charge in [-0.15, -0.1) is 0 Å². The molecule has 4 rings (SSSR count). The third-order valence-corrected chi connectivity index (χ3v) is 7.05. The maximum absolute atomic E-state index is 12.7. The highest BCUT2D eigenvalue weighted by atomic mass is 16.5. The van der Waals surface area contributed by atoms with Gasteiger partial charge in [0, 0.05) is 16.6 Å². The molecule has 2 aliphatic carbocycles. The number of carbonyl (C=O) groups excluding carboxylic acids is 1. The maximum Gasteiger partial charge on any atom is 0.331 e. The summed E-state index contributed by atoms with van der Waals surface area (Å²) in [5, 5.41) is 9.70. The molecule has 0 spiro atoms. The third-order valence-electron chi connectivity index (χ3n) is 7.05. The van der Waals surface area contributed by atoms with E-state index < -0.39 is 5.97 Å². The summed E-state index contributed by atoms with van der Waals surface area (Å²) in [6.45, 7) is 4.24. The van der Waals surface area contributed by atoms with Gasteiger partial charge in [-0.3, -0.25) is 4.79 Å². The second-order valence-electron chi connectivity index (χ2n) is 8.25. The Morgan fingerprint density at radius 3 is 2.80 bits per heavy atom. The van der Waals surface area contributed by atoms with E-state index in [0.717, 1.165) is 31.2 Å². The topological polar surface area (TPSA) is 76.7 Å². The maximum atomic E-state index is 12.7. The van der Waals surface area contributed by atoms with Crippen LogP contribution in [-0.4, -0.2) is 17.0 Å². The number of furan rings is 1. The zero-order valence-electron chi connectivity index (χ0n) is 14.7. The number of cyclic esters (lactones) is 1. The first-order valence-corrected chi connectivity index (χ1v) is 9.03. The molecule has 5 atom stereocenters. The number of aliphatic carboxylic acids is 1. The molecule has 2 heterocycles. The SMILES string of the molecule is CC12CCC3C(=O)OC(c4ccoc4)CC3(C)C1CCC=C2C(=O)O. The van der Waals surface area contributed by atoms with Crippen LogP contribution in [0.25, 0.3) is 0 Å². The fourth-order valence-corrected chi connectivity index (χ4v) is 5.83. The lowest BCUT2D eigenvalue weighted by Gasteiger charge is -2.59. The van der Waals surface area contributed by atoms with Crippen molar-refractivity contribution in [2.45, 2.75) is 52.1 Å². The Kier molecular flexibility index (Phi) is 3.60. The van der Waals surface area contributed by atoms with Crippen LogP contribution < -0.4 is 0 Å². The van der Waals surface area contributed by atoms with E-state index in [0.29, 0.717) is 12.0 Å². The minimum Gasteiger partial charge on any atom is -0.478 e. The lowest BCUT2D eigenvalue weighted by atomic mass is 9.45. The van der Waals surface area contributed by atoms with E-state index in [1.54, 1.807) is 12.5 Å². The minimum absolute atomic E-state index is 0.145. The number of rotatable bonds is 2. The summed E-state index contributed by atoms with van der Waals surface area (Å²) >= 11 is 0. The van der Waals surface area contributed by atoms with Crippen molar-refractivity contribution >= 4 is 11.9 Å². The number of fused-ring (bicyclic) bond motifs is 3. The van der Waals surface area contributed by atoms with Gasteiger partial charge in [0.15, 0.2) is 0 Å². The van der Waals surface area contributed by atoms with Crippen molar-refractivity contribution in [1.82, 2.24) is 0 Å². The van der Waals surface area contributed by atoms with Gasteiger partial charge in [0.25, 0.3) is 0 Å². The molecule has 5 unspecified atom stereocenters. The van der Waals surface area contributed by atoms with Gasteiger partial charge >= 0.3 is 11.9 Å². The molecular formula is C20H24O5. The Morgan fingerprint density at radius 2 is 2.12 bits per heavy atom. The summed E-state index contributed by atoms with van der Waals surface area (Å²) in [5.41, 5.74) is 0.764. The van der Waals surface area contributed by atoms with Crippen molar-refractivity contribution < 1.29 is 23.8 Å². The predicted molar refractivity (Wildman–Crippen MR) is 89.5 cm³/mol. The van der Waals surface area contributed by atoms with Crippen molar-refractivity contribution in [2.75, 3.05) is 0 Å². The zero-order valence-corrected chi connectivity index (χ0v) is 14.7. The van der Waals surface area contributed by atoms with Gasteiger partial charge in [0.2, 0.25) is 0 Å². The van der Waals surface area contributed by atoms with E-state index in [9.17, 15) is 14.7 Å². The van der Waals surface area contributed by atoms with Crippen molar-refractivity contribution in [3.8, 4) is 0 Å². The molecule has 0 aromatic carbocycles. The fourth-order valence-electron chi connectivity index (χ4n) is 5.83. The standard InChI is InChI=1S/C20H24O5/c1-19-8-6-14-18(23)25-15(12-7-9-24-11-12)10-20(14,2)16(19)5-3-4-13(19)17(21)22/h4,7,9,11,14-16H,3,5-6,8,10H2,1-2H3,(H,21,22). The molecule has 1 aromatic rings. The van der Waals surface area contributed by atoms with Crippen LogP contribution in [0.4, 0.5) is 0 Å². The first kappa shape index (κ1) is 16.4. The van der Waals surface area contributed by atoms with Crippen molar-refractivity contribution in [3.63, 3.8) is 0 Å². The number of hydrogen-bond acceptors (Lipinski definition) is 4. The van der Waals surface area contributed by atoms with Gasteiger partial charge in [0.1, 0.15) is 6.10 Å². The summed E-state index contributed by atoms with van der Waals surface area (Å²) in [4.78, 5) is 24.6. The Bertz CT molecular complexity index is 733. The highest BCUT2D eigenvalue weighted by molar-refractivity contribution is 5.88. The average Bonchev–Trinajstić information content (AvgIpc) is 3.07. The van der Waals surface area contributed by atoms with Crippen LogP contribution in [0.15, 0.2) is 34.7 Å². The number of hydrogen-bond donors (Lipinski definition) is 1. The minimum atomic E-state index is -0.820. The summed E-state index contributed by atoms with van der Waals surface area (Å²) in [7, 11) is 0. The van der Waals surface area contributed by atoms with Crippen molar-refractivity contribution in [1.29, 1.82) is 0 Å². The molecule has 0 bridgehead atoms. The highest BCUT2D eigenvalue weighted by Crippen LogP contribution is 2.64. The highest BCUT2D eigenvalue weighted by Gasteiger charge is 2.61. The second kappa shape index (κ2) is 5.48. The van der Waals surface area contributed by atoms with Crippen LogP contribution in [-0.2, 0) is 14.3 Å². The Balaban J connectivity index is 1.74. The lowest BCUT2D eigenvalue weighted by molar-refractivity contribution is -0.190. The molecule has 3 aliphatic rings. The molecule has 0 amide bonds. The molecule has 5 heteroatoms. The van der Waals surface area contributed by atoms with Crippen LogP contribution in [0.1, 0.15) is 57.6 Å². The molecule has 1 saturated carbocycles. The quantitative estimate of drug-likeness (QED) is 0.817. The van der Waals surface area contributed by atoms with Crippen molar-refractivity contribution in [2.24, 2.45) is 22.7 Å². The zero-order chi connectivity index (χ0) is 17.8. The number of carboxylic acids is 1. The lowest BCUT2D eigenvalue weighted by Crippen LogP contribution is -2.56. The normalized spacial score (nSPS) is 40.5. The number of allylic oxidation sites excluding steroid dienone is 1. The van der Waals surface area contributed by atoms with Crippen LogP contribution in [0.5, 0.6) is 0 Å². The van der Waals surface area contributed by atoms with Crippen LogP contribution in [0, 0.1) is 22.7 Å². The molecule has 0 radical (unpaired) electrons. The van der Waals surface area contributed by atoms with Gasteiger partial charge < -0.3 is 14.3 Å². The van der Waals surface area contributed by atoms with E-state index in [1.807, 2.05) is 12.1 Å². The van der Waals surface area contributed by atoms with Gasteiger partial charge in [0.05, 0.1) is 18.4 Å². The van der Waals surface area contributed by atoms with Gasteiger partial charge in [-0.05, 0) is 49.5 Å². The van der Waals surface area contributed by atoms with E-state index in [4.69, 9.17) is 9.15 Å². The smallest absolute Gasteiger partial charge is 0.331 e. The molecule has 2 fully saturated rings. The first-order chi connectivity index (χ1) is 11.9. The van der Waals surface area contributed by atoms with E-state index in [2.05, 4.69) is 13.8 Å². The van der Waals surface area contributed by atoms with Gasteiger partial charge in [-0.1, -0.05) is 19.9 Å². The van der Waals surface area contributed by atoms with Crippen LogP contribution in [0.2, 0.25) is 0 Å². The second-order valence-corrected chi connectivity index (χ2v) is 8.25. The molecule has 134 valence electrons. The van der Waals surface area contributed by atoms with Crippen molar-refractivity contribution in [3.05, 3.63) is 35.8 Å². The molecule has 1 aromatic heterocycles. The monoisotopic (exact) mass is 344 g/mol. The Hall–Kier alpha value is -2.04. The van der Waals surface area contributed by atoms with Gasteiger partial charge in [-0.25, -0.2) is 4.79 Å². The Labute approximate surface area is 147 Å². The van der Waals surface area contributed by atoms with Crippen LogP contribution >= 0.6 is 0 Å². The summed E-state index contributed by atoms with van der Waals surface area (Å²) in [6.07, 6.45) is 8.61.